The summed E-state index contributed by atoms with van der Waals surface area (Å²) in [5.41, 5.74) is 0. The minimum atomic E-state index is -3.76. The molecule has 0 saturated carbocycles. The summed E-state index contributed by atoms with van der Waals surface area (Å²) in [7, 11) is -2.61. The Morgan fingerprint density at radius 2 is 1.91 bits per heavy atom. The van der Waals surface area contributed by atoms with Crippen molar-refractivity contribution in [3.05, 3.63) is 0 Å². The van der Waals surface area contributed by atoms with Crippen LogP contribution < -0.4 is 0 Å². The second-order valence-corrected chi connectivity index (χ2v) is 3.71. The van der Waals surface area contributed by atoms with Crippen molar-refractivity contribution in [1.29, 1.82) is 0 Å². The number of hydrogen-bond acceptors (Lipinski definition) is 3. The van der Waals surface area contributed by atoms with Crippen molar-refractivity contribution < 1.29 is 18.5 Å². The van der Waals surface area contributed by atoms with Crippen LogP contribution in [0.4, 0.5) is 0 Å². The summed E-state index contributed by atoms with van der Waals surface area (Å²) >= 11 is 0. The van der Waals surface area contributed by atoms with Crippen LogP contribution in [-0.2, 0) is 13.6 Å². The summed E-state index contributed by atoms with van der Waals surface area (Å²) in [6, 6.07) is 0. The molecule has 68 valence electrons. The highest BCUT2D eigenvalue weighted by Crippen LogP contribution is 2.44. The maximum atomic E-state index is 10.8. The van der Waals surface area contributed by atoms with Crippen molar-refractivity contribution in [3.63, 3.8) is 0 Å². The zero-order valence-corrected chi connectivity index (χ0v) is 8.01. The van der Waals surface area contributed by atoms with Crippen LogP contribution in [0.3, 0.4) is 0 Å². The summed E-state index contributed by atoms with van der Waals surface area (Å²) in [5.74, 6) is 0. The maximum Gasteiger partial charge on any atom is 0.472 e. The Balaban J connectivity index is 3.90. The summed E-state index contributed by atoms with van der Waals surface area (Å²) < 4.78 is 19.9. The van der Waals surface area contributed by atoms with E-state index in [0.717, 1.165) is 7.11 Å². The molecule has 5 heteroatoms. The fourth-order valence-electron chi connectivity index (χ4n) is 0.669. The monoisotopic (exact) mass is 182 g/mol. The first kappa shape index (κ1) is 11.1. The van der Waals surface area contributed by atoms with Crippen molar-refractivity contribution >= 4 is 7.82 Å². The molecule has 0 aromatic carbocycles. The molecule has 0 rings (SSSR count). The first-order valence-electron chi connectivity index (χ1n) is 3.62. The Labute approximate surface area is 67.1 Å². The number of rotatable bonds is 5. The van der Waals surface area contributed by atoms with Gasteiger partial charge in [0.05, 0.1) is 6.10 Å². The van der Waals surface area contributed by atoms with Crippen LogP contribution in [0.5, 0.6) is 0 Å². The van der Waals surface area contributed by atoms with Gasteiger partial charge in [0.2, 0.25) is 0 Å². The fourth-order valence-corrected chi connectivity index (χ4v) is 1.43. The third-order valence-corrected chi connectivity index (χ3v) is 2.45. The normalized spacial score (nSPS) is 16.8. The second-order valence-electron chi connectivity index (χ2n) is 2.20. The van der Waals surface area contributed by atoms with Gasteiger partial charge in [0.15, 0.2) is 0 Å². The van der Waals surface area contributed by atoms with Crippen molar-refractivity contribution in [2.24, 2.45) is 0 Å². The van der Waals surface area contributed by atoms with Crippen LogP contribution >= 0.6 is 7.82 Å². The highest BCUT2D eigenvalue weighted by Gasteiger charge is 2.22. The molecule has 0 bridgehead atoms. The van der Waals surface area contributed by atoms with Crippen LogP contribution in [-0.4, -0.2) is 18.1 Å². The molecule has 0 spiro atoms. The van der Waals surface area contributed by atoms with Crippen molar-refractivity contribution in [3.8, 4) is 0 Å². The summed E-state index contributed by atoms with van der Waals surface area (Å²) in [4.78, 5) is 8.87. The summed E-state index contributed by atoms with van der Waals surface area (Å²) in [5, 5.41) is 0. The van der Waals surface area contributed by atoms with Gasteiger partial charge in [-0.2, -0.15) is 0 Å². The summed E-state index contributed by atoms with van der Waals surface area (Å²) in [6.45, 7) is 3.79. The lowest BCUT2D eigenvalue weighted by Crippen LogP contribution is -2.08. The average Bonchev–Trinajstić information content (AvgIpc) is 2.00. The molecule has 0 amide bonds. The molecule has 11 heavy (non-hydrogen) atoms. The van der Waals surface area contributed by atoms with E-state index >= 15 is 0 Å². The Bertz CT molecular complexity index is 144. The van der Waals surface area contributed by atoms with Gasteiger partial charge in [-0.3, -0.25) is 9.05 Å². The van der Waals surface area contributed by atoms with Crippen LogP contribution in [0.15, 0.2) is 0 Å². The molecule has 0 heterocycles. The Morgan fingerprint density at radius 3 is 2.18 bits per heavy atom. The van der Waals surface area contributed by atoms with E-state index in [-0.39, 0.29) is 6.10 Å². The molecule has 0 fully saturated rings. The smallest absolute Gasteiger partial charge is 0.302 e. The van der Waals surface area contributed by atoms with Crippen molar-refractivity contribution in [2.45, 2.75) is 32.8 Å². The molecule has 1 atom stereocenters. The molecule has 1 N–H and O–H groups in total. The van der Waals surface area contributed by atoms with E-state index in [1.807, 2.05) is 13.8 Å². The topological polar surface area (TPSA) is 55.8 Å². The van der Waals surface area contributed by atoms with Gasteiger partial charge in [0.1, 0.15) is 0 Å². The highest BCUT2D eigenvalue weighted by atomic mass is 31.2. The lowest BCUT2D eigenvalue weighted by Gasteiger charge is -2.16. The molecule has 0 aliphatic rings. The zero-order valence-electron chi connectivity index (χ0n) is 7.11. The maximum absolute atomic E-state index is 10.8. The lowest BCUT2D eigenvalue weighted by atomic mass is 10.2. The third-order valence-electron chi connectivity index (χ3n) is 1.42. The Kier molecular flexibility index (Phi) is 4.93. The first-order valence-corrected chi connectivity index (χ1v) is 5.12. The molecule has 1 unspecified atom stereocenters. The van der Waals surface area contributed by atoms with E-state index in [1.54, 1.807) is 0 Å². The van der Waals surface area contributed by atoms with Crippen molar-refractivity contribution in [2.75, 3.05) is 7.11 Å². The predicted molar refractivity (Wildman–Crippen MR) is 42.3 cm³/mol. The van der Waals surface area contributed by atoms with Gasteiger partial charge in [-0.1, -0.05) is 13.8 Å². The van der Waals surface area contributed by atoms with E-state index in [4.69, 9.17) is 9.42 Å². The van der Waals surface area contributed by atoms with Gasteiger partial charge in [-0.25, -0.2) is 4.57 Å². The molecule has 0 aliphatic carbocycles. The molecule has 0 radical (unpaired) electrons. The van der Waals surface area contributed by atoms with E-state index in [1.165, 1.54) is 0 Å². The van der Waals surface area contributed by atoms with E-state index in [9.17, 15) is 4.57 Å². The van der Waals surface area contributed by atoms with Crippen LogP contribution in [0.2, 0.25) is 0 Å². The van der Waals surface area contributed by atoms with E-state index in [0.29, 0.717) is 12.8 Å². The van der Waals surface area contributed by atoms with Gasteiger partial charge in [0.25, 0.3) is 0 Å². The predicted octanol–water partition coefficient (Wildman–Crippen LogP) is 1.94. The SMILES string of the molecule is CCC(CC)OP(=O)(O)OC. The highest BCUT2D eigenvalue weighted by molar-refractivity contribution is 7.47. The number of phosphoric acid groups is 1. The zero-order chi connectivity index (χ0) is 8.91. The minimum absolute atomic E-state index is 0.189. The van der Waals surface area contributed by atoms with Crippen LogP contribution in [0, 0.1) is 0 Å². The number of phosphoric ester groups is 1. The molecule has 0 aromatic heterocycles. The second kappa shape index (κ2) is 4.88. The average molecular weight is 182 g/mol. The van der Waals surface area contributed by atoms with Gasteiger partial charge >= 0.3 is 7.82 Å². The standard InChI is InChI=1S/C6H15O4P/c1-4-6(5-2)10-11(7,8)9-3/h6H,4-5H2,1-3H3,(H,7,8). The van der Waals surface area contributed by atoms with E-state index < -0.39 is 7.82 Å². The number of hydrogen-bond donors (Lipinski definition) is 1. The van der Waals surface area contributed by atoms with Gasteiger partial charge < -0.3 is 4.89 Å². The quantitative estimate of drug-likeness (QED) is 0.660. The van der Waals surface area contributed by atoms with Crippen molar-refractivity contribution in [1.82, 2.24) is 0 Å². The molecule has 4 nitrogen and oxygen atoms in total. The summed E-state index contributed by atoms with van der Waals surface area (Å²) in [6.07, 6.45) is 1.24. The fraction of sp³-hybridized carbons (Fsp3) is 1.00. The Hall–Kier alpha value is 0.110. The molecular weight excluding hydrogens is 167 g/mol. The Morgan fingerprint density at radius 1 is 1.45 bits per heavy atom. The van der Waals surface area contributed by atoms with Crippen LogP contribution in [0.25, 0.3) is 0 Å². The molecular formula is C6H15O4P. The van der Waals surface area contributed by atoms with E-state index in [2.05, 4.69) is 4.52 Å². The largest absolute Gasteiger partial charge is 0.472 e. The van der Waals surface area contributed by atoms with Crippen LogP contribution in [0.1, 0.15) is 26.7 Å². The minimum Gasteiger partial charge on any atom is -0.302 e. The van der Waals surface area contributed by atoms with Gasteiger partial charge in [-0.15, -0.1) is 0 Å². The lowest BCUT2D eigenvalue weighted by molar-refractivity contribution is 0.113. The first-order chi connectivity index (χ1) is 5.05. The third kappa shape index (κ3) is 4.53. The van der Waals surface area contributed by atoms with Gasteiger partial charge in [-0.05, 0) is 12.8 Å². The molecule has 0 saturated heterocycles. The molecule has 0 aliphatic heterocycles. The van der Waals surface area contributed by atoms with Gasteiger partial charge in [0, 0.05) is 7.11 Å². The molecule has 0 aromatic rings.